The quantitative estimate of drug-likeness (QED) is 0.491. The van der Waals surface area contributed by atoms with Crippen LogP contribution in [0.1, 0.15) is 52.0 Å². The highest BCUT2D eigenvalue weighted by molar-refractivity contribution is 6.74. The number of alkyl halides is 1. The largest absolute Gasteiger partial charge is 0.412 e. The number of rotatable bonds is 4. The van der Waals surface area contributed by atoms with E-state index in [0.717, 1.165) is 31.2 Å². The van der Waals surface area contributed by atoms with Gasteiger partial charge < -0.3 is 9.33 Å². The zero-order valence-electron chi connectivity index (χ0n) is 16.9. The Hall–Kier alpha value is -0.843. The fourth-order valence-electron chi connectivity index (χ4n) is 3.08. The second kappa shape index (κ2) is 8.90. The number of nitrogens with zero attached hydrogens (tertiary/aromatic N) is 1. The maximum absolute atomic E-state index is 12.9. The first-order chi connectivity index (χ1) is 12.1. The molecule has 0 bridgehead atoms. The van der Waals surface area contributed by atoms with Gasteiger partial charge in [0.2, 0.25) is 5.91 Å². The predicted octanol–water partition coefficient (Wildman–Crippen LogP) is 5.59. The topological polar surface area (TPSA) is 29.5 Å². The smallest absolute Gasteiger partial charge is 0.241 e. The Balaban J connectivity index is 2.19. The second-order valence-electron chi connectivity index (χ2n) is 8.96. The van der Waals surface area contributed by atoms with Gasteiger partial charge in [0.1, 0.15) is 5.38 Å². The van der Waals surface area contributed by atoms with Crippen LogP contribution >= 0.6 is 11.6 Å². The van der Waals surface area contributed by atoms with Gasteiger partial charge in [0.05, 0.1) is 6.10 Å². The van der Waals surface area contributed by atoms with Crippen LogP contribution < -0.4 is 0 Å². The van der Waals surface area contributed by atoms with Crippen LogP contribution in [0.5, 0.6) is 0 Å². The molecule has 1 aromatic carbocycles. The average Bonchev–Trinajstić information content (AvgIpc) is 2.61. The standard InChI is InChI=1S/C21H34ClNO2Si/c1-21(2,3)26(4,5)25-18-13-9-10-14-19(22)20(24)23(16-18)15-17-11-7-6-8-12-17/h6-8,11-12,18-19H,9-10,13-16H2,1-5H3/t18-,19-/m1/s1. The molecule has 1 aromatic rings. The van der Waals surface area contributed by atoms with E-state index in [2.05, 4.69) is 46.0 Å². The van der Waals surface area contributed by atoms with Gasteiger partial charge in [0, 0.05) is 13.1 Å². The molecule has 0 unspecified atom stereocenters. The minimum Gasteiger partial charge on any atom is -0.412 e. The Kier molecular flexibility index (Phi) is 7.34. The van der Waals surface area contributed by atoms with E-state index < -0.39 is 13.7 Å². The number of carbonyl (C=O) groups is 1. The Morgan fingerprint density at radius 2 is 1.77 bits per heavy atom. The second-order valence-corrected chi connectivity index (χ2v) is 14.2. The van der Waals surface area contributed by atoms with E-state index in [9.17, 15) is 4.79 Å². The summed E-state index contributed by atoms with van der Waals surface area (Å²) >= 11 is 6.41. The lowest BCUT2D eigenvalue weighted by Crippen LogP contribution is -2.48. The molecule has 3 nitrogen and oxygen atoms in total. The lowest BCUT2D eigenvalue weighted by atomic mass is 10.1. The number of hydrogen-bond donors (Lipinski definition) is 0. The third-order valence-corrected chi connectivity index (χ3v) is 10.7. The summed E-state index contributed by atoms with van der Waals surface area (Å²) in [6.07, 6.45) is 3.88. The molecular weight excluding hydrogens is 362 g/mol. The summed E-state index contributed by atoms with van der Waals surface area (Å²) in [4.78, 5) is 14.8. The molecule has 2 atom stereocenters. The van der Waals surface area contributed by atoms with Crippen LogP contribution in [-0.4, -0.2) is 37.2 Å². The molecule has 0 aromatic heterocycles. The highest BCUT2D eigenvalue weighted by atomic mass is 35.5. The number of hydrogen-bond acceptors (Lipinski definition) is 2. The van der Waals surface area contributed by atoms with Gasteiger partial charge in [0.25, 0.3) is 0 Å². The molecule has 1 amide bonds. The van der Waals surface area contributed by atoms with Crippen molar-refractivity contribution in [1.82, 2.24) is 4.90 Å². The van der Waals surface area contributed by atoms with Crippen LogP contribution in [0, 0.1) is 0 Å². The van der Waals surface area contributed by atoms with Crippen molar-refractivity contribution in [2.24, 2.45) is 0 Å². The van der Waals surface area contributed by atoms with E-state index in [1.54, 1.807) is 0 Å². The van der Waals surface area contributed by atoms with E-state index >= 15 is 0 Å². The van der Waals surface area contributed by atoms with E-state index in [1.807, 2.05) is 23.1 Å². The lowest BCUT2D eigenvalue weighted by Gasteiger charge is -2.40. The van der Waals surface area contributed by atoms with Crippen LogP contribution in [-0.2, 0) is 15.8 Å². The first-order valence-electron chi connectivity index (χ1n) is 9.75. The maximum atomic E-state index is 12.9. The molecule has 26 heavy (non-hydrogen) atoms. The summed E-state index contributed by atoms with van der Waals surface area (Å²) in [6.45, 7) is 12.6. The monoisotopic (exact) mass is 395 g/mol. The van der Waals surface area contributed by atoms with Gasteiger partial charge in [0.15, 0.2) is 8.32 Å². The first-order valence-corrected chi connectivity index (χ1v) is 13.1. The molecule has 0 aliphatic carbocycles. The lowest BCUT2D eigenvalue weighted by molar-refractivity contribution is -0.132. The van der Waals surface area contributed by atoms with Crippen LogP contribution in [0.2, 0.25) is 18.1 Å². The fraction of sp³-hybridized carbons (Fsp3) is 0.667. The van der Waals surface area contributed by atoms with Gasteiger partial charge in [-0.3, -0.25) is 4.79 Å². The van der Waals surface area contributed by atoms with Gasteiger partial charge in [-0.25, -0.2) is 0 Å². The summed E-state index contributed by atoms with van der Waals surface area (Å²) in [5.41, 5.74) is 1.13. The number of benzene rings is 1. The van der Waals surface area contributed by atoms with E-state index in [-0.39, 0.29) is 17.0 Å². The molecular formula is C21H34ClNO2Si. The zero-order valence-corrected chi connectivity index (χ0v) is 18.7. The van der Waals surface area contributed by atoms with Crippen molar-refractivity contribution >= 4 is 25.8 Å². The Bertz CT molecular complexity index is 585. The zero-order chi connectivity index (χ0) is 19.4. The van der Waals surface area contributed by atoms with Crippen LogP contribution in [0.4, 0.5) is 0 Å². The third kappa shape index (κ3) is 5.83. The third-order valence-electron chi connectivity index (χ3n) is 5.72. The molecule has 1 heterocycles. The van der Waals surface area contributed by atoms with Gasteiger partial charge in [-0.1, -0.05) is 63.9 Å². The van der Waals surface area contributed by atoms with Crippen molar-refractivity contribution in [1.29, 1.82) is 0 Å². The Morgan fingerprint density at radius 1 is 1.15 bits per heavy atom. The van der Waals surface area contributed by atoms with Gasteiger partial charge in [-0.15, -0.1) is 11.6 Å². The molecule has 5 heteroatoms. The molecule has 1 fully saturated rings. The van der Waals surface area contributed by atoms with Gasteiger partial charge >= 0.3 is 0 Å². The first kappa shape index (κ1) is 21.5. The van der Waals surface area contributed by atoms with E-state index in [4.69, 9.17) is 16.0 Å². The molecule has 146 valence electrons. The van der Waals surface area contributed by atoms with E-state index in [0.29, 0.717) is 13.1 Å². The Morgan fingerprint density at radius 3 is 2.38 bits per heavy atom. The van der Waals surface area contributed by atoms with Crippen molar-refractivity contribution in [3.05, 3.63) is 35.9 Å². The summed E-state index contributed by atoms with van der Waals surface area (Å²) in [5.74, 6) is 0.0428. The summed E-state index contributed by atoms with van der Waals surface area (Å²) in [6, 6.07) is 10.1. The van der Waals surface area contributed by atoms with Crippen LogP contribution in [0.15, 0.2) is 30.3 Å². The van der Waals surface area contributed by atoms with Crippen molar-refractivity contribution in [3.8, 4) is 0 Å². The molecule has 1 aliphatic rings. The minimum absolute atomic E-state index is 0.0428. The predicted molar refractivity (Wildman–Crippen MR) is 112 cm³/mol. The normalized spacial score (nSPS) is 23.3. The van der Waals surface area contributed by atoms with Crippen LogP contribution in [0.25, 0.3) is 0 Å². The molecule has 2 rings (SSSR count). The van der Waals surface area contributed by atoms with E-state index in [1.165, 1.54) is 0 Å². The summed E-state index contributed by atoms with van der Waals surface area (Å²) in [5, 5.41) is -0.264. The molecule has 0 radical (unpaired) electrons. The molecule has 0 saturated carbocycles. The summed E-state index contributed by atoms with van der Waals surface area (Å²) < 4.78 is 6.69. The highest BCUT2D eigenvalue weighted by Gasteiger charge is 2.40. The molecule has 0 N–H and O–H groups in total. The molecule has 1 saturated heterocycles. The number of amides is 1. The van der Waals surface area contributed by atoms with Crippen molar-refractivity contribution in [2.45, 2.75) is 82.6 Å². The number of carbonyl (C=O) groups excluding carboxylic acids is 1. The average molecular weight is 396 g/mol. The molecule has 0 spiro atoms. The van der Waals surface area contributed by atoms with Gasteiger partial charge in [-0.2, -0.15) is 0 Å². The van der Waals surface area contributed by atoms with Gasteiger partial charge in [-0.05, 0) is 36.5 Å². The number of halogens is 1. The van der Waals surface area contributed by atoms with Crippen molar-refractivity contribution in [3.63, 3.8) is 0 Å². The highest BCUT2D eigenvalue weighted by Crippen LogP contribution is 2.38. The minimum atomic E-state index is -1.88. The van der Waals surface area contributed by atoms with Crippen LogP contribution in [0.3, 0.4) is 0 Å². The summed E-state index contributed by atoms with van der Waals surface area (Å²) in [7, 11) is -1.88. The van der Waals surface area contributed by atoms with Crippen molar-refractivity contribution < 1.29 is 9.22 Å². The fourth-order valence-corrected chi connectivity index (χ4v) is 4.75. The molecule has 1 aliphatic heterocycles. The Labute approximate surface area is 165 Å². The SMILES string of the molecule is CC(C)(C)[Si](C)(C)O[C@@H]1CCCC[C@@H](Cl)C(=O)N(Cc2ccccc2)C1. The van der Waals surface area contributed by atoms with Crippen molar-refractivity contribution in [2.75, 3.05) is 6.54 Å². The maximum Gasteiger partial charge on any atom is 0.241 e.